The highest BCUT2D eigenvalue weighted by Crippen LogP contribution is 2.24. The van der Waals surface area contributed by atoms with Crippen molar-refractivity contribution in [1.82, 2.24) is 9.36 Å². The summed E-state index contributed by atoms with van der Waals surface area (Å²) >= 11 is 0. The second-order valence-electron chi connectivity index (χ2n) is 5.04. The van der Waals surface area contributed by atoms with Gasteiger partial charge < -0.3 is 5.73 Å². The minimum Gasteiger partial charge on any atom is -0.393 e. The van der Waals surface area contributed by atoms with Gasteiger partial charge in [0.15, 0.2) is 9.84 Å². The zero-order chi connectivity index (χ0) is 14.2. The minimum absolute atomic E-state index is 0.0449. The van der Waals surface area contributed by atoms with Gasteiger partial charge in [-0.1, -0.05) is 13.8 Å². The lowest BCUT2D eigenvalue weighted by molar-refractivity contribution is 0.373. The number of nitrogen functional groups attached to an aromatic ring is 1. The number of hydrogen-bond donors (Lipinski definition) is 1. The first-order valence-corrected chi connectivity index (χ1v) is 8.53. The number of nitrogens with zero attached hydrogens (tertiary/aromatic N) is 2. The third-order valence-electron chi connectivity index (χ3n) is 3.65. The molecule has 0 aliphatic carbocycles. The lowest BCUT2D eigenvalue weighted by Crippen LogP contribution is -2.29. The molecular formula is C12H21N3O3S. The lowest BCUT2D eigenvalue weighted by Gasteiger charge is -2.17. The van der Waals surface area contributed by atoms with E-state index in [9.17, 15) is 13.2 Å². The number of hydrogen-bond acceptors (Lipinski definition) is 4. The molecule has 2 rings (SSSR count). The summed E-state index contributed by atoms with van der Waals surface area (Å²) in [4.78, 5) is 12.3. The number of sulfone groups is 1. The van der Waals surface area contributed by atoms with Crippen molar-refractivity contribution in [3.8, 4) is 0 Å². The molecule has 7 heteroatoms. The van der Waals surface area contributed by atoms with Crippen LogP contribution in [0.15, 0.2) is 4.79 Å². The van der Waals surface area contributed by atoms with Crippen LogP contribution in [0.3, 0.4) is 0 Å². The Morgan fingerprint density at radius 1 is 1.37 bits per heavy atom. The van der Waals surface area contributed by atoms with Crippen molar-refractivity contribution in [2.75, 3.05) is 17.2 Å². The third-order valence-corrected chi connectivity index (χ3v) is 5.40. The van der Waals surface area contributed by atoms with Crippen molar-refractivity contribution in [1.29, 1.82) is 0 Å². The Bertz CT molecular complexity index is 627. The van der Waals surface area contributed by atoms with Gasteiger partial charge in [0.05, 0.1) is 23.2 Å². The highest BCUT2D eigenvalue weighted by molar-refractivity contribution is 7.91. The van der Waals surface area contributed by atoms with Crippen LogP contribution in [0.4, 0.5) is 5.69 Å². The van der Waals surface area contributed by atoms with Crippen LogP contribution in [-0.4, -0.2) is 29.3 Å². The van der Waals surface area contributed by atoms with E-state index in [1.165, 1.54) is 0 Å². The highest BCUT2D eigenvalue weighted by atomic mass is 32.2. The van der Waals surface area contributed by atoms with Crippen LogP contribution in [0.25, 0.3) is 0 Å². The van der Waals surface area contributed by atoms with Gasteiger partial charge in [0.2, 0.25) is 0 Å². The molecule has 0 radical (unpaired) electrons. The predicted octanol–water partition coefficient (Wildman–Crippen LogP) is 0.564. The summed E-state index contributed by atoms with van der Waals surface area (Å²) in [6, 6.07) is -0.272. The second kappa shape index (κ2) is 5.03. The van der Waals surface area contributed by atoms with Crippen molar-refractivity contribution in [2.45, 2.75) is 45.7 Å². The van der Waals surface area contributed by atoms with Gasteiger partial charge in [-0.2, -0.15) is 0 Å². The predicted molar refractivity (Wildman–Crippen MR) is 75.1 cm³/mol. The zero-order valence-corrected chi connectivity index (χ0v) is 12.2. The van der Waals surface area contributed by atoms with Crippen LogP contribution in [0.2, 0.25) is 0 Å². The molecule has 2 N–H and O–H groups in total. The standard InChI is InChI=1S/C12H21N3O3S/c1-3-6-14-10(4-2)11(13)12(16)15(14)9-5-7-19(17,18)8-9/h9H,3-8,13H2,1-2H3. The van der Waals surface area contributed by atoms with Gasteiger partial charge in [-0.05, 0) is 19.3 Å². The van der Waals surface area contributed by atoms with E-state index in [-0.39, 0.29) is 28.8 Å². The smallest absolute Gasteiger partial charge is 0.290 e. The molecule has 1 fully saturated rings. The van der Waals surface area contributed by atoms with E-state index in [0.717, 1.165) is 12.1 Å². The maximum atomic E-state index is 12.3. The Morgan fingerprint density at radius 3 is 2.53 bits per heavy atom. The highest BCUT2D eigenvalue weighted by Gasteiger charge is 2.32. The first-order valence-electron chi connectivity index (χ1n) is 6.71. The number of anilines is 1. The molecule has 108 valence electrons. The van der Waals surface area contributed by atoms with Gasteiger partial charge >= 0.3 is 0 Å². The SMILES string of the molecule is CCCn1c(CC)c(N)c(=O)n1C1CCS(=O)(=O)C1. The van der Waals surface area contributed by atoms with Crippen molar-refractivity contribution in [2.24, 2.45) is 0 Å². The fraction of sp³-hybridized carbons (Fsp3) is 0.750. The van der Waals surface area contributed by atoms with Crippen LogP contribution in [0.1, 0.15) is 38.4 Å². The lowest BCUT2D eigenvalue weighted by atomic mass is 10.3. The van der Waals surface area contributed by atoms with Gasteiger partial charge in [-0.15, -0.1) is 0 Å². The Labute approximate surface area is 113 Å². The molecule has 0 aromatic carbocycles. The number of nitrogens with two attached hydrogens (primary N) is 1. The van der Waals surface area contributed by atoms with E-state index in [1.54, 1.807) is 4.68 Å². The average Bonchev–Trinajstić information content (AvgIpc) is 2.80. The van der Waals surface area contributed by atoms with Crippen molar-refractivity contribution in [3.05, 3.63) is 16.0 Å². The van der Waals surface area contributed by atoms with Crippen LogP contribution in [0.5, 0.6) is 0 Å². The monoisotopic (exact) mass is 287 g/mol. The molecule has 0 saturated carbocycles. The molecule has 0 spiro atoms. The fourth-order valence-electron chi connectivity index (χ4n) is 2.78. The normalized spacial score (nSPS) is 21.9. The number of rotatable bonds is 4. The van der Waals surface area contributed by atoms with Crippen molar-refractivity contribution < 1.29 is 8.42 Å². The van der Waals surface area contributed by atoms with E-state index in [4.69, 9.17) is 5.73 Å². The van der Waals surface area contributed by atoms with Gasteiger partial charge in [-0.25, -0.2) is 13.1 Å². The molecule has 1 aromatic heterocycles. The number of aromatic nitrogens is 2. The van der Waals surface area contributed by atoms with Crippen LogP contribution >= 0.6 is 0 Å². The summed E-state index contributed by atoms with van der Waals surface area (Å²) in [5, 5.41) is 0. The Hall–Kier alpha value is -1.24. The molecule has 1 aliphatic heterocycles. The van der Waals surface area contributed by atoms with Crippen molar-refractivity contribution >= 4 is 15.5 Å². The van der Waals surface area contributed by atoms with Crippen LogP contribution in [0, 0.1) is 0 Å². The van der Waals surface area contributed by atoms with E-state index in [2.05, 4.69) is 0 Å². The summed E-state index contributed by atoms with van der Waals surface area (Å²) in [5.74, 6) is 0.200. The van der Waals surface area contributed by atoms with Crippen molar-refractivity contribution in [3.63, 3.8) is 0 Å². The Kier molecular flexibility index (Phi) is 3.75. The molecule has 19 heavy (non-hydrogen) atoms. The van der Waals surface area contributed by atoms with Crippen LogP contribution < -0.4 is 11.3 Å². The molecule has 1 saturated heterocycles. The van der Waals surface area contributed by atoms with Gasteiger partial charge in [-0.3, -0.25) is 9.48 Å². The van der Waals surface area contributed by atoms with E-state index in [0.29, 0.717) is 19.4 Å². The van der Waals surface area contributed by atoms with E-state index < -0.39 is 9.84 Å². The Balaban J connectivity index is 2.53. The third kappa shape index (κ3) is 2.43. The molecule has 2 heterocycles. The maximum Gasteiger partial charge on any atom is 0.290 e. The summed E-state index contributed by atoms with van der Waals surface area (Å²) < 4.78 is 26.7. The second-order valence-corrected chi connectivity index (χ2v) is 7.27. The van der Waals surface area contributed by atoms with Gasteiger partial charge in [0.25, 0.3) is 5.56 Å². The molecule has 0 bridgehead atoms. The topological polar surface area (TPSA) is 87.1 Å². The largest absolute Gasteiger partial charge is 0.393 e. The molecule has 1 aliphatic rings. The first-order chi connectivity index (χ1) is 8.91. The van der Waals surface area contributed by atoms with Gasteiger partial charge in [0.1, 0.15) is 5.69 Å². The fourth-order valence-corrected chi connectivity index (χ4v) is 4.48. The maximum absolute atomic E-state index is 12.3. The molecule has 6 nitrogen and oxygen atoms in total. The summed E-state index contributed by atoms with van der Waals surface area (Å²) in [5.41, 5.74) is 6.71. The molecule has 1 atom stereocenters. The summed E-state index contributed by atoms with van der Waals surface area (Å²) in [6.07, 6.45) is 2.05. The quantitative estimate of drug-likeness (QED) is 0.876. The van der Waals surface area contributed by atoms with E-state index in [1.807, 2.05) is 18.5 Å². The first kappa shape index (κ1) is 14.2. The zero-order valence-electron chi connectivity index (χ0n) is 11.4. The molecular weight excluding hydrogens is 266 g/mol. The molecule has 0 amide bonds. The van der Waals surface area contributed by atoms with E-state index >= 15 is 0 Å². The van der Waals surface area contributed by atoms with Gasteiger partial charge in [0, 0.05) is 6.54 Å². The minimum atomic E-state index is -3.02. The Morgan fingerprint density at radius 2 is 2.05 bits per heavy atom. The summed E-state index contributed by atoms with van der Waals surface area (Å²) in [7, 11) is -3.02. The molecule has 1 unspecified atom stereocenters. The van der Waals surface area contributed by atoms with Crippen LogP contribution in [-0.2, 0) is 22.8 Å². The average molecular weight is 287 g/mol. The molecule has 1 aromatic rings. The summed E-state index contributed by atoms with van der Waals surface area (Å²) in [6.45, 7) is 4.66.